The van der Waals surface area contributed by atoms with Gasteiger partial charge >= 0.3 is 5.63 Å². The number of phenols is 1. The Kier molecular flexibility index (Phi) is 5.02. The molecule has 0 amide bonds. The van der Waals surface area contributed by atoms with Gasteiger partial charge in [-0.15, -0.1) is 11.3 Å². The summed E-state index contributed by atoms with van der Waals surface area (Å²) >= 11 is 1.44. The summed E-state index contributed by atoms with van der Waals surface area (Å²) in [5, 5.41) is 13.9. The molecule has 4 rings (SSSR count). The van der Waals surface area contributed by atoms with Gasteiger partial charge in [0.2, 0.25) is 0 Å². The van der Waals surface area contributed by atoms with Crippen molar-refractivity contribution >= 4 is 22.3 Å². The number of aromatic nitrogens is 1. The Bertz CT molecular complexity index is 1020. The SMILES string of the molecule is CC[C@H]1CCCC[NH+]1Cc1c(O)ccc2cc(-c3nc(C)cs3)c(=O)oc12. The van der Waals surface area contributed by atoms with Crippen LogP contribution >= 0.6 is 11.3 Å². The van der Waals surface area contributed by atoms with E-state index in [4.69, 9.17) is 4.42 Å². The van der Waals surface area contributed by atoms with Gasteiger partial charge in [-0.1, -0.05) is 6.92 Å². The van der Waals surface area contributed by atoms with Gasteiger partial charge in [0.05, 0.1) is 23.7 Å². The molecule has 1 aliphatic rings. The number of benzene rings is 1. The van der Waals surface area contributed by atoms with Crippen LogP contribution in [0.5, 0.6) is 5.75 Å². The molecular weight excluding hydrogens is 360 g/mol. The number of rotatable bonds is 4. The van der Waals surface area contributed by atoms with Gasteiger partial charge in [-0.25, -0.2) is 9.78 Å². The molecule has 0 saturated carbocycles. The molecule has 1 fully saturated rings. The second-order valence-electron chi connectivity index (χ2n) is 7.41. The highest BCUT2D eigenvalue weighted by Gasteiger charge is 2.27. The van der Waals surface area contributed by atoms with Gasteiger partial charge in [0.25, 0.3) is 0 Å². The summed E-state index contributed by atoms with van der Waals surface area (Å²) in [5.74, 6) is 0.205. The molecule has 6 heteroatoms. The highest BCUT2D eigenvalue weighted by molar-refractivity contribution is 7.13. The smallest absolute Gasteiger partial charge is 0.346 e. The second-order valence-corrected chi connectivity index (χ2v) is 8.27. The Balaban J connectivity index is 1.78. The molecule has 0 spiro atoms. The molecule has 142 valence electrons. The number of quaternary nitrogens is 1. The van der Waals surface area contributed by atoms with E-state index in [-0.39, 0.29) is 5.75 Å². The maximum Gasteiger partial charge on any atom is 0.346 e. The van der Waals surface area contributed by atoms with Crippen LogP contribution in [0.15, 0.2) is 32.8 Å². The predicted molar refractivity (Wildman–Crippen MR) is 107 cm³/mol. The topological polar surface area (TPSA) is 67.8 Å². The number of nitrogens with zero attached hydrogens (tertiary/aromatic N) is 1. The van der Waals surface area contributed by atoms with Gasteiger partial charge in [-0.3, -0.25) is 0 Å². The molecular formula is C21H25N2O3S+. The monoisotopic (exact) mass is 385 g/mol. The third-order valence-corrected chi connectivity index (χ3v) is 6.60. The standard InChI is InChI=1S/C21H24N2O3S/c1-3-15-6-4-5-9-23(15)11-17-18(24)8-7-14-10-16(21(25)26-19(14)17)20-22-13(2)12-27-20/h7-8,10,12,15,24H,3-6,9,11H2,1-2H3/p+1/t15-/m0/s1. The summed E-state index contributed by atoms with van der Waals surface area (Å²) in [7, 11) is 0. The lowest BCUT2D eigenvalue weighted by molar-refractivity contribution is -0.944. The minimum absolute atomic E-state index is 0.205. The largest absolute Gasteiger partial charge is 0.507 e. The number of aryl methyl sites for hydroxylation is 1. The van der Waals surface area contributed by atoms with Crippen LogP contribution in [-0.4, -0.2) is 22.7 Å². The summed E-state index contributed by atoms with van der Waals surface area (Å²) in [6, 6.07) is 5.95. The Labute approximate surface area is 162 Å². The first-order valence-electron chi connectivity index (χ1n) is 9.62. The van der Waals surface area contributed by atoms with Crippen LogP contribution in [0, 0.1) is 6.92 Å². The van der Waals surface area contributed by atoms with Crippen molar-refractivity contribution in [3.8, 4) is 16.3 Å². The van der Waals surface area contributed by atoms with E-state index < -0.39 is 5.63 Å². The average molecular weight is 386 g/mol. The fraction of sp³-hybridized carbons (Fsp3) is 0.429. The maximum atomic E-state index is 12.6. The highest BCUT2D eigenvalue weighted by Crippen LogP contribution is 2.29. The number of nitrogens with one attached hydrogen (secondary N) is 1. The normalized spacial score (nSPS) is 20.2. The molecule has 5 nitrogen and oxygen atoms in total. The lowest BCUT2D eigenvalue weighted by Gasteiger charge is -2.32. The fourth-order valence-electron chi connectivity index (χ4n) is 4.13. The Morgan fingerprint density at radius 1 is 1.37 bits per heavy atom. The molecule has 3 aromatic rings. The first kappa shape index (κ1) is 18.2. The number of aromatic hydroxyl groups is 1. The van der Waals surface area contributed by atoms with Crippen molar-refractivity contribution in [3.05, 3.63) is 45.3 Å². The Morgan fingerprint density at radius 2 is 2.22 bits per heavy atom. The molecule has 3 heterocycles. The van der Waals surface area contributed by atoms with Gasteiger partial charge in [0, 0.05) is 16.5 Å². The molecule has 1 aromatic carbocycles. The molecule has 1 unspecified atom stereocenters. The molecule has 27 heavy (non-hydrogen) atoms. The zero-order valence-corrected chi connectivity index (χ0v) is 16.6. The number of likely N-dealkylation sites (tertiary alicyclic amines) is 1. The van der Waals surface area contributed by atoms with Crippen molar-refractivity contribution < 1.29 is 14.4 Å². The van der Waals surface area contributed by atoms with Gasteiger partial charge in [0.15, 0.2) is 5.58 Å². The first-order valence-corrected chi connectivity index (χ1v) is 10.5. The van der Waals surface area contributed by atoms with E-state index in [1.165, 1.54) is 35.5 Å². The molecule has 1 aliphatic heterocycles. The lowest BCUT2D eigenvalue weighted by Crippen LogP contribution is -3.15. The van der Waals surface area contributed by atoms with Crippen molar-refractivity contribution in [2.24, 2.45) is 0 Å². The summed E-state index contributed by atoms with van der Waals surface area (Å²) in [6.45, 7) is 5.90. The minimum atomic E-state index is -0.399. The molecule has 1 saturated heterocycles. The summed E-state index contributed by atoms with van der Waals surface area (Å²) in [4.78, 5) is 18.5. The number of piperidine rings is 1. The van der Waals surface area contributed by atoms with Gasteiger partial charge < -0.3 is 14.4 Å². The van der Waals surface area contributed by atoms with Crippen LogP contribution in [0.4, 0.5) is 0 Å². The number of fused-ring (bicyclic) bond motifs is 1. The summed E-state index contributed by atoms with van der Waals surface area (Å²) in [5.41, 5.74) is 2.21. The van der Waals surface area contributed by atoms with Crippen LogP contribution in [0.3, 0.4) is 0 Å². The molecule has 0 aliphatic carbocycles. The van der Waals surface area contributed by atoms with E-state index in [1.54, 1.807) is 6.07 Å². The van der Waals surface area contributed by atoms with E-state index in [0.29, 0.717) is 28.7 Å². The average Bonchev–Trinajstić information content (AvgIpc) is 3.10. The van der Waals surface area contributed by atoms with Crippen LogP contribution in [0.2, 0.25) is 0 Å². The zero-order chi connectivity index (χ0) is 19.0. The molecule has 2 atom stereocenters. The maximum absolute atomic E-state index is 12.6. The Morgan fingerprint density at radius 3 is 2.96 bits per heavy atom. The van der Waals surface area contributed by atoms with Gasteiger partial charge in [0.1, 0.15) is 17.3 Å². The third-order valence-electron chi connectivity index (χ3n) is 5.60. The quantitative estimate of drug-likeness (QED) is 0.677. The van der Waals surface area contributed by atoms with Crippen molar-refractivity contribution in [1.29, 1.82) is 0 Å². The highest BCUT2D eigenvalue weighted by atomic mass is 32.1. The lowest BCUT2D eigenvalue weighted by atomic mass is 9.98. The molecule has 0 bridgehead atoms. The molecule has 2 N–H and O–H groups in total. The van der Waals surface area contributed by atoms with E-state index >= 15 is 0 Å². The predicted octanol–water partition coefficient (Wildman–Crippen LogP) is 3.28. The van der Waals surface area contributed by atoms with Gasteiger partial charge in [-0.2, -0.15) is 0 Å². The second kappa shape index (κ2) is 7.44. The van der Waals surface area contributed by atoms with E-state index in [0.717, 1.165) is 29.6 Å². The number of hydrogen-bond donors (Lipinski definition) is 2. The van der Waals surface area contributed by atoms with Crippen molar-refractivity contribution in [1.82, 2.24) is 4.98 Å². The minimum Gasteiger partial charge on any atom is -0.507 e. The molecule has 2 aromatic heterocycles. The number of hydrogen-bond acceptors (Lipinski definition) is 5. The van der Waals surface area contributed by atoms with Crippen molar-refractivity contribution in [2.75, 3.05) is 6.54 Å². The Hall–Kier alpha value is -2.18. The van der Waals surface area contributed by atoms with Crippen molar-refractivity contribution in [2.45, 2.75) is 52.1 Å². The summed E-state index contributed by atoms with van der Waals surface area (Å²) < 4.78 is 5.72. The van der Waals surface area contributed by atoms with E-state index in [1.807, 2.05) is 24.4 Å². The molecule has 0 radical (unpaired) electrons. The van der Waals surface area contributed by atoms with Crippen LogP contribution in [0.1, 0.15) is 43.9 Å². The summed E-state index contributed by atoms with van der Waals surface area (Å²) in [6.07, 6.45) is 4.82. The van der Waals surface area contributed by atoms with E-state index in [9.17, 15) is 9.90 Å². The zero-order valence-electron chi connectivity index (χ0n) is 15.7. The van der Waals surface area contributed by atoms with Crippen LogP contribution < -0.4 is 10.5 Å². The van der Waals surface area contributed by atoms with Crippen molar-refractivity contribution in [3.63, 3.8) is 0 Å². The number of thiazole rings is 1. The fourth-order valence-corrected chi connectivity index (χ4v) is 4.93. The van der Waals surface area contributed by atoms with E-state index in [2.05, 4.69) is 11.9 Å². The van der Waals surface area contributed by atoms with Gasteiger partial charge in [-0.05, 0) is 50.8 Å². The van der Waals surface area contributed by atoms with Crippen LogP contribution in [-0.2, 0) is 6.54 Å². The van der Waals surface area contributed by atoms with Crippen LogP contribution in [0.25, 0.3) is 21.5 Å². The first-order chi connectivity index (χ1) is 13.1. The number of phenolic OH excluding ortho intramolecular Hbond substituents is 1. The third kappa shape index (κ3) is 3.51.